The first kappa shape index (κ1) is 11.1. The molecule has 0 aliphatic carbocycles. The van der Waals surface area contributed by atoms with Gasteiger partial charge in [0.25, 0.3) is 0 Å². The molecule has 1 rings (SSSR count). The van der Waals surface area contributed by atoms with Crippen LogP contribution in [0.4, 0.5) is 5.69 Å². The smallest absolute Gasteiger partial charge is 0.0373 e. The van der Waals surface area contributed by atoms with Crippen molar-refractivity contribution in [3.8, 4) is 0 Å². The molecule has 0 spiro atoms. The summed E-state index contributed by atoms with van der Waals surface area (Å²) in [7, 11) is 0. The number of hydrogen-bond acceptors (Lipinski definition) is 2. The molecule has 0 aliphatic heterocycles. The van der Waals surface area contributed by atoms with E-state index in [1.807, 2.05) is 0 Å². The summed E-state index contributed by atoms with van der Waals surface area (Å²) >= 11 is 0. The van der Waals surface area contributed by atoms with Crippen LogP contribution < -0.4 is 11.5 Å². The van der Waals surface area contributed by atoms with Crippen molar-refractivity contribution in [1.29, 1.82) is 0 Å². The van der Waals surface area contributed by atoms with Crippen LogP contribution in [-0.2, 0) is 0 Å². The first-order valence-electron chi connectivity index (χ1n) is 5.13. The van der Waals surface area contributed by atoms with Crippen LogP contribution in [0.15, 0.2) is 12.1 Å². The molecular formula is C12H20N2. The number of nitrogen functional groups attached to an aromatic ring is 1. The lowest BCUT2D eigenvalue weighted by Crippen LogP contribution is -2.05. The summed E-state index contributed by atoms with van der Waals surface area (Å²) in [5.74, 6) is 0.526. The first-order chi connectivity index (χ1) is 6.56. The monoisotopic (exact) mass is 192 g/mol. The number of benzene rings is 1. The lowest BCUT2D eigenvalue weighted by Gasteiger charge is -2.14. The van der Waals surface area contributed by atoms with E-state index in [1.54, 1.807) is 0 Å². The van der Waals surface area contributed by atoms with Gasteiger partial charge in [0, 0.05) is 5.69 Å². The van der Waals surface area contributed by atoms with Crippen LogP contribution in [-0.4, -0.2) is 6.54 Å². The minimum absolute atomic E-state index is 0.526. The minimum atomic E-state index is 0.526. The quantitative estimate of drug-likeness (QED) is 0.722. The van der Waals surface area contributed by atoms with E-state index in [0.29, 0.717) is 5.92 Å². The van der Waals surface area contributed by atoms with E-state index >= 15 is 0 Å². The highest BCUT2D eigenvalue weighted by atomic mass is 14.6. The fourth-order valence-electron chi connectivity index (χ4n) is 1.71. The molecule has 0 aromatic heterocycles. The van der Waals surface area contributed by atoms with Crippen molar-refractivity contribution in [2.75, 3.05) is 12.3 Å². The second-order valence-corrected chi connectivity index (χ2v) is 4.05. The maximum Gasteiger partial charge on any atom is 0.0373 e. The maximum atomic E-state index is 5.90. The highest BCUT2D eigenvalue weighted by molar-refractivity contribution is 5.54. The zero-order chi connectivity index (χ0) is 10.7. The van der Waals surface area contributed by atoms with Crippen LogP contribution in [0.5, 0.6) is 0 Å². The van der Waals surface area contributed by atoms with Crippen molar-refractivity contribution >= 4 is 5.69 Å². The van der Waals surface area contributed by atoms with E-state index in [1.165, 1.54) is 16.7 Å². The predicted molar refractivity (Wildman–Crippen MR) is 62.4 cm³/mol. The summed E-state index contributed by atoms with van der Waals surface area (Å²) in [6, 6.07) is 4.34. The molecule has 0 saturated carbocycles. The van der Waals surface area contributed by atoms with Crippen molar-refractivity contribution in [3.63, 3.8) is 0 Å². The summed E-state index contributed by atoms with van der Waals surface area (Å²) in [5, 5.41) is 0. The van der Waals surface area contributed by atoms with Crippen LogP contribution >= 0.6 is 0 Å². The zero-order valence-corrected chi connectivity index (χ0v) is 9.30. The fourth-order valence-corrected chi connectivity index (χ4v) is 1.71. The molecule has 0 radical (unpaired) electrons. The molecular weight excluding hydrogens is 172 g/mol. The van der Waals surface area contributed by atoms with Crippen molar-refractivity contribution < 1.29 is 0 Å². The Hall–Kier alpha value is -1.02. The van der Waals surface area contributed by atoms with Gasteiger partial charge >= 0.3 is 0 Å². The number of nitrogens with two attached hydrogens (primary N) is 2. The van der Waals surface area contributed by atoms with E-state index in [-0.39, 0.29) is 0 Å². The molecule has 1 unspecified atom stereocenters. The zero-order valence-electron chi connectivity index (χ0n) is 9.30. The number of hydrogen-bond donors (Lipinski definition) is 2. The second-order valence-electron chi connectivity index (χ2n) is 4.05. The van der Waals surface area contributed by atoms with E-state index in [9.17, 15) is 0 Å². The van der Waals surface area contributed by atoms with Gasteiger partial charge in [-0.25, -0.2) is 0 Å². The molecule has 4 N–H and O–H groups in total. The maximum absolute atomic E-state index is 5.90. The van der Waals surface area contributed by atoms with Gasteiger partial charge in [0.05, 0.1) is 0 Å². The first-order valence-corrected chi connectivity index (χ1v) is 5.13. The molecule has 2 heteroatoms. The molecule has 14 heavy (non-hydrogen) atoms. The van der Waals surface area contributed by atoms with Crippen LogP contribution in [0.25, 0.3) is 0 Å². The summed E-state index contributed by atoms with van der Waals surface area (Å²) in [4.78, 5) is 0. The number of rotatable bonds is 3. The lowest BCUT2D eigenvalue weighted by atomic mass is 9.93. The van der Waals surface area contributed by atoms with Gasteiger partial charge < -0.3 is 11.5 Å². The summed E-state index contributed by atoms with van der Waals surface area (Å²) < 4.78 is 0. The standard InChI is InChI=1S/C12H20N2/c1-8(4-5-13)11-6-9(2)12(14)10(3)7-11/h6-8H,4-5,13-14H2,1-3H3. The second kappa shape index (κ2) is 4.47. The van der Waals surface area contributed by atoms with Crippen molar-refractivity contribution in [3.05, 3.63) is 28.8 Å². The SMILES string of the molecule is Cc1cc(C(C)CCN)cc(C)c1N. The van der Waals surface area contributed by atoms with Gasteiger partial charge in [-0.1, -0.05) is 19.1 Å². The molecule has 1 aromatic rings. The third kappa shape index (κ3) is 2.26. The largest absolute Gasteiger partial charge is 0.398 e. The van der Waals surface area contributed by atoms with E-state index in [2.05, 4.69) is 32.9 Å². The molecule has 0 fully saturated rings. The van der Waals surface area contributed by atoms with Crippen molar-refractivity contribution in [2.45, 2.75) is 33.1 Å². The Labute approximate surface area is 86.3 Å². The molecule has 0 saturated heterocycles. The van der Waals surface area contributed by atoms with E-state index in [0.717, 1.165) is 18.7 Å². The lowest BCUT2D eigenvalue weighted by molar-refractivity contribution is 0.689. The van der Waals surface area contributed by atoms with Gasteiger partial charge in [-0.05, 0) is 49.4 Å². The molecule has 0 aliphatic rings. The Morgan fingerprint density at radius 3 is 2.14 bits per heavy atom. The molecule has 0 amide bonds. The van der Waals surface area contributed by atoms with Gasteiger partial charge in [0.1, 0.15) is 0 Å². The van der Waals surface area contributed by atoms with E-state index < -0.39 is 0 Å². The summed E-state index contributed by atoms with van der Waals surface area (Å²) in [6.07, 6.45) is 1.03. The minimum Gasteiger partial charge on any atom is -0.398 e. The van der Waals surface area contributed by atoms with Crippen LogP contribution in [0, 0.1) is 13.8 Å². The fraction of sp³-hybridized carbons (Fsp3) is 0.500. The normalized spacial score (nSPS) is 12.9. The van der Waals surface area contributed by atoms with Gasteiger partial charge in [-0.3, -0.25) is 0 Å². The van der Waals surface area contributed by atoms with Gasteiger partial charge in [0.15, 0.2) is 0 Å². The van der Waals surface area contributed by atoms with Gasteiger partial charge in [-0.2, -0.15) is 0 Å². The Morgan fingerprint density at radius 1 is 1.21 bits per heavy atom. The van der Waals surface area contributed by atoms with Crippen LogP contribution in [0.3, 0.4) is 0 Å². The third-order valence-electron chi connectivity index (χ3n) is 2.78. The average Bonchev–Trinajstić information content (AvgIpc) is 2.13. The number of aryl methyl sites for hydroxylation is 2. The topological polar surface area (TPSA) is 52.0 Å². The number of anilines is 1. The summed E-state index contributed by atoms with van der Waals surface area (Å²) in [5.41, 5.74) is 16.0. The van der Waals surface area contributed by atoms with Crippen molar-refractivity contribution in [1.82, 2.24) is 0 Å². The van der Waals surface area contributed by atoms with Crippen molar-refractivity contribution in [2.24, 2.45) is 5.73 Å². The van der Waals surface area contributed by atoms with E-state index in [4.69, 9.17) is 11.5 Å². The van der Waals surface area contributed by atoms with Crippen LogP contribution in [0.2, 0.25) is 0 Å². The van der Waals surface area contributed by atoms with Crippen LogP contribution in [0.1, 0.15) is 36.0 Å². The summed E-state index contributed by atoms with van der Waals surface area (Å²) in [6.45, 7) is 7.06. The Bertz CT molecular complexity index is 295. The molecule has 2 nitrogen and oxygen atoms in total. The molecule has 0 heterocycles. The average molecular weight is 192 g/mol. The Balaban J connectivity index is 3.00. The molecule has 0 bridgehead atoms. The third-order valence-corrected chi connectivity index (χ3v) is 2.78. The molecule has 1 aromatic carbocycles. The molecule has 1 atom stereocenters. The Morgan fingerprint density at radius 2 is 1.71 bits per heavy atom. The van der Waals surface area contributed by atoms with Gasteiger partial charge in [0.2, 0.25) is 0 Å². The highest BCUT2D eigenvalue weighted by Gasteiger charge is 2.07. The van der Waals surface area contributed by atoms with Gasteiger partial charge in [-0.15, -0.1) is 0 Å². The highest BCUT2D eigenvalue weighted by Crippen LogP contribution is 2.25. The molecule has 78 valence electrons. The Kier molecular flexibility index (Phi) is 3.53. The predicted octanol–water partition coefficient (Wildman–Crippen LogP) is 2.34.